The van der Waals surface area contributed by atoms with Crippen molar-refractivity contribution in [1.82, 2.24) is 5.32 Å². The van der Waals surface area contributed by atoms with E-state index in [1.54, 1.807) is 6.07 Å². The van der Waals surface area contributed by atoms with E-state index >= 15 is 0 Å². The maximum atomic E-state index is 12.3. The number of fused-ring (bicyclic) bond motifs is 1. The van der Waals surface area contributed by atoms with Crippen LogP contribution < -0.4 is 5.32 Å². The van der Waals surface area contributed by atoms with Gasteiger partial charge in [0.2, 0.25) is 5.91 Å². The lowest BCUT2D eigenvalue weighted by molar-refractivity contribution is -0.121. The Balaban J connectivity index is 2.15. The highest BCUT2D eigenvalue weighted by atomic mass is 16.3. The number of amides is 1. The summed E-state index contributed by atoms with van der Waals surface area (Å²) < 4.78 is 0. The van der Waals surface area contributed by atoms with Crippen molar-refractivity contribution >= 4 is 16.7 Å². The molecule has 122 valence electrons. The molecular formula is C21H21NO2. The van der Waals surface area contributed by atoms with Crippen LogP contribution in [0.25, 0.3) is 10.8 Å². The molecule has 0 aliphatic heterocycles. The number of hydrogen-bond acceptors (Lipinski definition) is 2. The maximum absolute atomic E-state index is 12.3. The molecular weight excluding hydrogens is 298 g/mol. The first kappa shape index (κ1) is 16.1. The van der Waals surface area contributed by atoms with Gasteiger partial charge in [-0.25, -0.2) is 0 Å². The Labute approximate surface area is 142 Å². The first-order valence-electron chi connectivity index (χ1n) is 8.25. The molecule has 24 heavy (non-hydrogen) atoms. The second kappa shape index (κ2) is 7.18. The zero-order valence-electron chi connectivity index (χ0n) is 13.7. The molecule has 0 aromatic heterocycles. The van der Waals surface area contributed by atoms with Gasteiger partial charge in [0.25, 0.3) is 0 Å². The topological polar surface area (TPSA) is 49.3 Å². The van der Waals surface area contributed by atoms with Crippen molar-refractivity contribution in [2.75, 3.05) is 0 Å². The molecule has 3 aromatic rings. The van der Waals surface area contributed by atoms with E-state index < -0.39 is 0 Å². The van der Waals surface area contributed by atoms with Gasteiger partial charge < -0.3 is 10.4 Å². The smallest absolute Gasteiger partial charge is 0.220 e. The summed E-state index contributed by atoms with van der Waals surface area (Å²) in [6, 6.07) is 20.9. The fraction of sp³-hybridized carbons (Fsp3) is 0.190. The predicted molar refractivity (Wildman–Crippen MR) is 96.9 cm³/mol. The van der Waals surface area contributed by atoms with E-state index in [2.05, 4.69) is 5.32 Å². The molecule has 0 saturated carbocycles. The van der Waals surface area contributed by atoms with Crippen LogP contribution in [-0.2, 0) is 4.79 Å². The summed E-state index contributed by atoms with van der Waals surface area (Å²) in [7, 11) is 0. The monoisotopic (exact) mass is 319 g/mol. The van der Waals surface area contributed by atoms with E-state index in [1.165, 1.54) is 0 Å². The maximum Gasteiger partial charge on any atom is 0.220 e. The van der Waals surface area contributed by atoms with Gasteiger partial charge in [-0.3, -0.25) is 4.79 Å². The minimum atomic E-state index is -0.378. The molecule has 0 aliphatic carbocycles. The summed E-state index contributed by atoms with van der Waals surface area (Å²) >= 11 is 0. The number of hydrogen-bond donors (Lipinski definition) is 2. The zero-order chi connectivity index (χ0) is 16.9. The Morgan fingerprint density at radius 2 is 1.71 bits per heavy atom. The first-order chi connectivity index (χ1) is 11.7. The Morgan fingerprint density at radius 1 is 1.00 bits per heavy atom. The number of benzene rings is 3. The number of carbonyl (C=O) groups is 1. The molecule has 0 saturated heterocycles. The standard InChI is InChI=1S/C21H21NO2/c1-2-8-19(24)22-21(16-10-4-3-5-11-16)20-17-12-7-6-9-15(17)13-14-18(20)23/h3-7,9-14,21,23H,2,8H2,1H3,(H,22,24)/t21-/m1/s1. The highest BCUT2D eigenvalue weighted by Crippen LogP contribution is 2.35. The minimum absolute atomic E-state index is 0.0151. The van der Waals surface area contributed by atoms with Crippen molar-refractivity contribution < 1.29 is 9.90 Å². The van der Waals surface area contributed by atoms with E-state index in [-0.39, 0.29) is 17.7 Å². The van der Waals surface area contributed by atoms with Gasteiger partial charge in [0.05, 0.1) is 6.04 Å². The van der Waals surface area contributed by atoms with Gasteiger partial charge in [-0.15, -0.1) is 0 Å². The van der Waals surface area contributed by atoms with Crippen molar-refractivity contribution in [1.29, 1.82) is 0 Å². The van der Waals surface area contributed by atoms with Gasteiger partial charge in [-0.2, -0.15) is 0 Å². The molecule has 0 unspecified atom stereocenters. The molecule has 0 radical (unpaired) electrons. The lowest BCUT2D eigenvalue weighted by Gasteiger charge is -2.22. The van der Waals surface area contributed by atoms with Gasteiger partial charge in [0.1, 0.15) is 5.75 Å². The summed E-state index contributed by atoms with van der Waals surface area (Å²) in [6.07, 6.45) is 1.25. The molecule has 0 bridgehead atoms. The highest BCUT2D eigenvalue weighted by Gasteiger charge is 2.22. The number of nitrogens with one attached hydrogen (secondary N) is 1. The van der Waals surface area contributed by atoms with Crippen LogP contribution in [0, 0.1) is 0 Å². The lowest BCUT2D eigenvalue weighted by atomic mass is 9.92. The molecule has 1 atom stereocenters. The molecule has 3 aromatic carbocycles. The Hall–Kier alpha value is -2.81. The number of aromatic hydroxyl groups is 1. The van der Waals surface area contributed by atoms with Gasteiger partial charge in [-0.05, 0) is 28.8 Å². The van der Waals surface area contributed by atoms with Crippen LogP contribution in [0.15, 0.2) is 66.7 Å². The van der Waals surface area contributed by atoms with E-state index in [1.807, 2.05) is 67.6 Å². The molecule has 3 rings (SSSR count). The van der Waals surface area contributed by atoms with Crippen LogP contribution in [0.4, 0.5) is 0 Å². The fourth-order valence-corrected chi connectivity index (χ4v) is 3.02. The van der Waals surface area contributed by atoms with Crippen LogP contribution >= 0.6 is 0 Å². The predicted octanol–water partition coefficient (Wildman–Crippen LogP) is 4.55. The van der Waals surface area contributed by atoms with Crippen LogP contribution in [-0.4, -0.2) is 11.0 Å². The Kier molecular flexibility index (Phi) is 4.80. The van der Waals surface area contributed by atoms with Crippen molar-refractivity contribution in [3.05, 3.63) is 77.9 Å². The highest BCUT2D eigenvalue weighted by molar-refractivity contribution is 5.89. The summed E-state index contributed by atoms with van der Waals surface area (Å²) in [5.41, 5.74) is 1.69. The molecule has 0 aliphatic rings. The quantitative estimate of drug-likeness (QED) is 0.725. The number of phenolic OH excluding ortho intramolecular Hbond substituents is 1. The molecule has 3 nitrogen and oxygen atoms in total. The molecule has 3 heteroatoms. The van der Waals surface area contributed by atoms with Crippen molar-refractivity contribution in [2.45, 2.75) is 25.8 Å². The average molecular weight is 319 g/mol. The Bertz CT molecular complexity index is 843. The normalized spacial score (nSPS) is 12.0. The summed E-state index contributed by atoms with van der Waals surface area (Å²) in [6.45, 7) is 1.98. The largest absolute Gasteiger partial charge is 0.508 e. The SMILES string of the molecule is CCCC(=O)N[C@H](c1ccccc1)c1c(O)ccc2ccccc12. The summed E-state index contributed by atoms with van der Waals surface area (Å²) in [5.74, 6) is 0.179. The van der Waals surface area contributed by atoms with Crippen molar-refractivity contribution in [2.24, 2.45) is 0 Å². The lowest BCUT2D eigenvalue weighted by Crippen LogP contribution is -2.29. The average Bonchev–Trinajstić information content (AvgIpc) is 2.61. The van der Waals surface area contributed by atoms with Crippen LogP contribution in [0.5, 0.6) is 5.75 Å². The third-order valence-corrected chi connectivity index (χ3v) is 4.15. The van der Waals surface area contributed by atoms with E-state index in [0.717, 1.165) is 28.3 Å². The van der Waals surface area contributed by atoms with Gasteiger partial charge in [-0.1, -0.05) is 67.6 Å². The molecule has 1 amide bonds. The van der Waals surface area contributed by atoms with E-state index in [9.17, 15) is 9.90 Å². The summed E-state index contributed by atoms with van der Waals surface area (Å²) in [4.78, 5) is 12.3. The van der Waals surface area contributed by atoms with Crippen LogP contribution in [0.2, 0.25) is 0 Å². The third-order valence-electron chi connectivity index (χ3n) is 4.15. The first-order valence-corrected chi connectivity index (χ1v) is 8.25. The fourth-order valence-electron chi connectivity index (χ4n) is 3.02. The number of phenols is 1. The third kappa shape index (κ3) is 3.25. The molecule has 0 spiro atoms. The second-order valence-corrected chi connectivity index (χ2v) is 5.88. The molecule has 0 fully saturated rings. The second-order valence-electron chi connectivity index (χ2n) is 5.88. The molecule has 2 N–H and O–H groups in total. The van der Waals surface area contributed by atoms with Crippen molar-refractivity contribution in [3.8, 4) is 5.75 Å². The van der Waals surface area contributed by atoms with Crippen LogP contribution in [0.1, 0.15) is 36.9 Å². The number of rotatable bonds is 5. The van der Waals surface area contributed by atoms with Gasteiger partial charge in [0, 0.05) is 12.0 Å². The van der Waals surface area contributed by atoms with Gasteiger partial charge >= 0.3 is 0 Å². The van der Waals surface area contributed by atoms with E-state index in [4.69, 9.17) is 0 Å². The Morgan fingerprint density at radius 3 is 2.46 bits per heavy atom. The number of carbonyl (C=O) groups excluding carboxylic acids is 1. The minimum Gasteiger partial charge on any atom is -0.508 e. The zero-order valence-corrected chi connectivity index (χ0v) is 13.7. The van der Waals surface area contributed by atoms with Crippen LogP contribution in [0.3, 0.4) is 0 Å². The van der Waals surface area contributed by atoms with E-state index in [0.29, 0.717) is 6.42 Å². The van der Waals surface area contributed by atoms with Gasteiger partial charge in [0.15, 0.2) is 0 Å². The molecule has 0 heterocycles. The van der Waals surface area contributed by atoms with Crippen molar-refractivity contribution in [3.63, 3.8) is 0 Å². The summed E-state index contributed by atoms with van der Waals surface area (Å²) in [5, 5.41) is 15.6.